The van der Waals surface area contributed by atoms with E-state index in [1.807, 2.05) is 6.20 Å². The molecule has 2 heterocycles. The predicted octanol–water partition coefficient (Wildman–Crippen LogP) is 6.08. The van der Waals surface area contributed by atoms with Gasteiger partial charge in [0.1, 0.15) is 11.6 Å². The number of imidazole rings is 1. The molecule has 4 aromatic rings. The number of nitrogens with zero attached hydrogens (tertiary/aromatic N) is 2. The van der Waals surface area contributed by atoms with Gasteiger partial charge in [-0.05, 0) is 92.0 Å². The summed E-state index contributed by atoms with van der Waals surface area (Å²) in [5.74, 6) is 2.06. The van der Waals surface area contributed by atoms with Crippen molar-refractivity contribution >= 4 is 21.9 Å². The Morgan fingerprint density at radius 1 is 1.00 bits per heavy atom. The van der Waals surface area contributed by atoms with Gasteiger partial charge in [-0.2, -0.15) is 0 Å². The summed E-state index contributed by atoms with van der Waals surface area (Å²) in [7, 11) is 0. The first-order valence-electron chi connectivity index (χ1n) is 10.1. The van der Waals surface area contributed by atoms with Gasteiger partial charge < -0.3 is 4.98 Å². The van der Waals surface area contributed by atoms with E-state index in [9.17, 15) is 4.39 Å². The first-order valence-corrected chi connectivity index (χ1v) is 10.1. The Morgan fingerprint density at radius 2 is 1.86 bits per heavy atom. The van der Waals surface area contributed by atoms with Crippen molar-refractivity contribution in [3.05, 3.63) is 71.4 Å². The molecule has 1 saturated carbocycles. The maximum Gasteiger partial charge on any atom is 0.123 e. The zero-order valence-electron chi connectivity index (χ0n) is 16.1. The van der Waals surface area contributed by atoms with Crippen molar-refractivity contribution in [2.24, 2.45) is 5.92 Å². The van der Waals surface area contributed by atoms with Crippen LogP contribution < -0.4 is 0 Å². The summed E-state index contributed by atoms with van der Waals surface area (Å²) in [6.07, 6.45) is 7.50. The Hall–Kier alpha value is -2.75. The van der Waals surface area contributed by atoms with Crippen molar-refractivity contribution < 1.29 is 4.39 Å². The van der Waals surface area contributed by atoms with Gasteiger partial charge in [0, 0.05) is 18.0 Å². The van der Waals surface area contributed by atoms with Crippen molar-refractivity contribution in [1.82, 2.24) is 15.0 Å². The Bertz CT molecular complexity index is 1140. The van der Waals surface area contributed by atoms with Crippen molar-refractivity contribution in [3.63, 3.8) is 0 Å². The average molecular weight is 373 g/mol. The molecule has 4 heteroatoms. The first-order chi connectivity index (χ1) is 13.7. The molecule has 0 radical (unpaired) electrons. The van der Waals surface area contributed by atoms with Crippen LogP contribution in [0.4, 0.5) is 4.39 Å². The van der Waals surface area contributed by atoms with Crippen LogP contribution in [-0.4, -0.2) is 15.0 Å². The topological polar surface area (TPSA) is 41.6 Å². The second kappa shape index (κ2) is 7.01. The number of benzene rings is 2. The van der Waals surface area contributed by atoms with E-state index >= 15 is 0 Å². The monoisotopic (exact) mass is 373 g/mol. The molecule has 5 rings (SSSR count). The quantitative estimate of drug-likeness (QED) is 0.473. The highest BCUT2D eigenvalue weighted by Crippen LogP contribution is 2.39. The lowest BCUT2D eigenvalue weighted by Crippen LogP contribution is -2.16. The third kappa shape index (κ3) is 3.28. The number of rotatable bonds is 3. The molecule has 0 unspecified atom stereocenters. The summed E-state index contributed by atoms with van der Waals surface area (Å²) in [6, 6.07) is 13.4. The smallest absolute Gasteiger partial charge is 0.123 e. The van der Waals surface area contributed by atoms with E-state index in [2.05, 4.69) is 41.2 Å². The molecule has 2 aromatic heterocycles. The average Bonchev–Trinajstić information content (AvgIpc) is 3.09. The molecule has 0 saturated heterocycles. The number of hydrogen-bond acceptors (Lipinski definition) is 2. The Kier molecular flexibility index (Phi) is 4.34. The normalized spacial score (nSPS) is 20.1. The Balaban J connectivity index is 1.30. The Morgan fingerprint density at radius 3 is 2.71 bits per heavy atom. The van der Waals surface area contributed by atoms with Gasteiger partial charge in [0.25, 0.3) is 0 Å². The number of pyridine rings is 1. The van der Waals surface area contributed by atoms with Crippen molar-refractivity contribution in [2.75, 3.05) is 0 Å². The standard InChI is InChI=1S/C24H24FN3/c1-15-2-8-22-23(12-15)28-24(27-22)13-16-3-5-17(6-4-16)19-10-11-26-21-9-7-18(25)14-20(19)21/h2,7-12,14,16-17H,3-6,13H2,1H3,(H,27,28). The maximum atomic E-state index is 13.8. The van der Waals surface area contributed by atoms with Crippen LogP contribution in [0.3, 0.4) is 0 Å². The molecular weight excluding hydrogens is 349 g/mol. The van der Waals surface area contributed by atoms with Crippen LogP contribution in [0.5, 0.6) is 0 Å². The van der Waals surface area contributed by atoms with Crippen LogP contribution in [-0.2, 0) is 6.42 Å². The second-order valence-electron chi connectivity index (χ2n) is 8.19. The van der Waals surface area contributed by atoms with E-state index in [0.717, 1.165) is 47.0 Å². The van der Waals surface area contributed by atoms with Crippen LogP contribution in [0.1, 0.15) is 48.6 Å². The minimum atomic E-state index is -0.185. The van der Waals surface area contributed by atoms with Crippen LogP contribution in [0.2, 0.25) is 0 Å². The lowest BCUT2D eigenvalue weighted by Gasteiger charge is -2.29. The molecule has 3 nitrogen and oxygen atoms in total. The van der Waals surface area contributed by atoms with Gasteiger partial charge in [-0.25, -0.2) is 9.37 Å². The third-order valence-corrected chi connectivity index (χ3v) is 6.19. The van der Waals surface area contributed by atoms with E-state index in [-0.39, 0.29) is 5.82 Å². The minimum absolute atomic E-state index is 0.185. The van der Waals surface area contributed by atoms with E-state index in [1.54, 1.807) is 12.1 Å². The number of aromatic nitrogens is 3. The molecule has 1 fully saturated rings. The van der Waals surface area contributed by atoms with Gasteiger partial charge >= 0.3 is 0 Å². The van der Waals surface area contributed by atoms with Crippen LogP contribution in [0, 0.1) is 18.7 Å². The summed E-state index contributed by atoms with van der Waals surface area (Å²) < 4.78 is 13.8. The summed E-state index contributed by atoms with van der Waals surface area (Å²) in [6.45, 7) is 2.10. The second-order valence-corrected chi connectivity index (χ2v) is 8.19. The third-order valence-electron chi connectivity index (χ3n) is 6.19. The molecule has 0 atom stereocenters. The summed E-state index contributed by atoms with van der Waals surface area (Å²) >= 11 is 0. The zero-order valence-corrected chi connectivity index (χ0v) is 16.1. The van der Waals surface area contributed by atoms with Crippen LogP contribution in [0.15, 0.2) is 48.7 Å². The van der Waals surface area contributed by atoms with E-state index in [0.29, 0.717) is 11.8 Å². The molecule has 1 aliphatic rings. The number of H-pyrrole nitrogens is 1. The number of halogens is 1. The fourth-order valence-corrected chi connectivity index (χ4v) is 4.71. The van der Waals surface area contributed by atoms with Gasteiger partial charge in [0.15, 0.2) is 0 Å². The minimum Gasteiger partial charge on any atom is -0.342 e. The highest BCUT2D eigenvalue weighted by atomic mass is 19.1. The molecule has 1 aliphatic carbocycles. The molecule has 0 amide bonds. The number of fused-ring (bicyclic) bond motifs is 2. The molecule has 28 heavy (non-hydrogen) atoms. The van der Waals surface area contributed by atoms with Gasteiger partial charge in [0.05, 0.1) is 16.6 Å². The SMILES string of the molecule is Cc1ccc2[nH]c(CC3CCC(c4ccnc5ccc(F)cc45)CC3)nc2c1. The number of hydrogen-bond donors (Lipinski definition) is 1. The molecule has 0 aliphatic heterocycles. The van der Waals surface area contributed by atoms with Gasteiger partial charge in [0.2, 0.25) is 0 Å². The summed E-state index contributed by atoms with van der Waals surface area (Å²) in [4.78, 5) is 12.7. The van der Waals surface area contributed by atoms with Gasteiger partial charge in [-0.15, -0.1) is 0 Å². The summed E-state index contributed by atoms with van der Waals surface area (Å²) in [5, 5.41) is 0.971. The van der Waals surface area contributed by atoms with Crippen LogP contribution in [0.25, 0.3) is 21.9 Å². The largest absolute Gasteiger partial charge is 0.342 e. The molecule has 0 bridgehead atoms. The van der Waals surface area contributed by atoms with Gasteiger partial charge in [-0.1, -0.05) is 6.07 Å². The number of nitrogens with one attached hydrogen (secondary N) is 1. The lowest BCUT2D eigenvalue weighted by atomic mass is 9.77. The molecule has 2 aromatic carbocycles. The molecule has 1 N–H and O–H groups in total. The number of aromatic amines is 1. The van der Waals surface area contributed by atoms with Crippen molar-refractivity contribution in [2.45, 2.75) is 44.9 Å². The summed E-state index contributed by atoms with van der Waals surface area (Å²) in [5.41, 5.74) is 5.57. The molecule has 0 spiro atoms. The van der Waals surface area contributed by atoms with Crippen molar-refractivity contribution in [3.8, 4) is 0 Å². The fraction of sp³-hybridized carbons (Fsp3) is 0.333. The molecule has 142 valence electrons. The predicted molar refractivity (Wildman–Crippen MR) is 111 cm³/mol. The van der Waals surface area contributed by atoms with Crippen LogP contribution >= 0.6 is 0 Å². The fourth-order valence-electron chi connectivity index (χ4n) is 4.71. The van der Waals surface area contributed by atoms with E-state index in [1.165, 1.54) is 30.0 Å². The van der Waals surface area contributed by atoms with Gasteiger partial charge in [-0.3, -0.25) is 4.98 Å². The first kappa shape index (κ1) is 17.4. The van der Waals surface area contributed by atoms with E-state index < -0.39 is 0 Å². The highest BCUT2D eigenvalue weighted by molar-refractivity contribution is 5.82. The van der Waals surface area contributed by atoms with Crippen molar-refractivity contribution in [1.29, 1.82) is 0 Å². The molecular formula is C24H24FN3. The maximum absolute atomic E-state index is 13.8. The highest BCUT2D eigenvalue weighted by Gasteiger charge is 2.24. The van der Waals surface area contributed by atoms with E-state index in [4.69, 9.17) is 4.98 Å². The Labute approximate surface area is 164 Å². The lowest BCUT2D eigenvalue weighted by molar-refractivity contribution is 0.322. The zero-order chi connectivity index (χ0) is 19.1. The number of aryl methyl sites for hydroxylation is 1.